The van der Waals surface area contributed by atoms with Gasteiger partial charge in [0.05, 0.1) is 0 Å². The van der Waals surface area contributed by atoms with E-state index in [4.69, 9.17) is 10.2 Å². The number of hydrogen-bond donors (Lipinski definition) is 4. The van der Waals surface area contributed by atoms with Gasteiger partial charge in [-0.05, 0) is 6.08 Å². The third kappa shape index (κ3) is 13.2. The van der Waals surface area contributed by atoms with Crippen molar-refractivity contribution in [2.45, 2.75) is 0 Å². The van der Waals surface area contributed by atoms with Gasteiger partial charge in [0, 0.05) is 0 Å². The number of hydrogen-bond acceptors (Lipinski definition) is 4. The monoisotopic (exact) mass is 188 g/mol. The van der Waals surface area contributed by atoms with Crippen LogP contribution in [0.4, 0.5) is 0 Å². The summed E-state index contributed by atoms with van der Waals surface area (Å²) in [5.74, 6) is -1.84. The van der Waals surface area contributed by atoms with Crippen LogP contribution in [0.1, 0.15) is 0 Å². The molecule has 0 aromatic heterocycles. The smallest absolute Gasteiger partial charge is 0.282 e. The van der Waals surface area contributed by atoms with E-state index in [-0.39, 0.29) is 12.6 Å². The summed E-state index contributed by atoms with van der Waals surface area (Å²) in [6.45, 7) is 5.66. The fraction of sp³-hybridized carbons (Fsp3) is 0.143. The molecule has 0 aliphatic carbocycles. The van der Waals surface area contributed by atoms with E-state index in [1.165, 1.54) is 0 Å². The molecule has 0 unspecified atom stereocenters. The summed E-state index contributed by atoms with van der Waals surface area (Å²) in [5.41, 5.74) is 4.45. The Bertz CT molecular complexity index is 201. The number of nitrogens with two attached hydrogens (primary N) is 1. The molecule has 0 radical (unpaired) electrons. The van der Waals surface area contributed by atoms with Crippen LogP contribution in [0.15, 0.2) is 25.0 Å². The van der Waals surface area contributed by atoms with Crippen LogP contribution in [-0.4, -0.2) is 28.8 Å². The Morgan fingerprint density at radius 2 is 1.92 bits per heavy atom. The average molecular weight is 188 g/mol. The van der Waals surface area contributed by atoms with Gasteiger partial charge in [-0.2, -0.15) is 0 Å². The number of carbonyl (C=O) groups excluding carboxylic acids is 2. The third-order valence-electron chi connectivity index (χ3n) is 0.723. The minimum absolute atomic E-state index is 0.329. The first-order valence-electron chi connectivity index (χ1n) is 3.14. The van der Waals surface area contributed by atoms with Crippen molar-refractivity contribution in [2.24, 2.45) is 5.73 Å². The van der Waals surface area contributed by atoms with E-state index in [1.807, 2.05) is 0 Å². The van der Waals surface area contributed by atoms with Crippen molar-refractivity contribution in [3.05, 3.63) is 25.0 Å². The molecule has 0 atom stereocenters. The molecule has 0 spiro atoms. The quantitative estimate of drug-likeness (QED) is 0.252. The lowest BCUT2D eigenvalue weighted by atomic mass is 10.6. The first-order valence-corrected chi connectivity index (χ1v) is 3.14. The zero-order chi connectivity index (χ0) is 10.9. The molecule has 0 fully saturated rings. The highest BCUT2D eigenvalue weighted by Crippen LogP contribution is 1.71. The molecule has 0 aromatic rings. The Hall–Kier alpha value is -1.82. The van der Waals surface area contributed by atoms with Gasteiger partial charge in [0.25, 0.3) is 5.91 Å². The van der Waals surface area contributed by atoms with E-state index >= 15 is 0 Å². The number of amides is 2. The van der Waals surface area contributed by atoms with E-state index in [2.05, 4.69) is 24.2 Å². The maximum absolute atomic E-state index is 10.0. The molecular formula is C7H12N2O4. The summed E-state index contributed by atoms with van der Waals surface area (Å²) in [4.78, 5) is 19.6. The lowest BCUT2D eigenvalue weighted by Crippen LogP contribution is -2.20. The molecule has 5 N–H and O–H groups in total. The normalized spacial score (nSPS) is 7.46. The number of nitrogens with one attached hydrogen (secondary N) is 1. The molecule has 0 aliphatic rings. The fourth-order valence-corrected chi connectivity index (χ4v) is 0.150. The second-order valence-electron chi connectivity index (χ2n) is 1.71. The summed E-state index contributed by atoms with van der Waals surface area (Å²) in [7, 11) is 0. The van der Waals surface area contributed by atoms with Gasteiger partial charge in [-0.25, -0.2) is 0 Å². The van der Waals surface area contributed by atoms with Gasteiger partial charge < -0.3 is 21.3 Å². The van der Waals surface area contributed by atoms with E-state index in [0.717, 1.165) is 6.08 Å². The third-order valence-corrected chi connectivity index (χ3v) is 0.723. The van der Waals surface area contributed by atoms with Gasteiger partial charge in [-0.3, -0.25) is 9.59 Å². The predicted molar refractivity (Wildman–Crippen MR) is 46.4 cm³/mol. The number of rotatable bonds is 3. The topological polar surface area (TPSA) is 113 Å². The van der Waals surface area contributed by atoms with Crippen molar-refractivity contribution in [1.29, 1.82) is 0 Å². The first-order chi connectivity index (χ1) is 5.95. The Morgan fingerprint density at radius 1 is 1.54 bits per heavy atom. The van der Waals surface area contributed by atoms with Crippen LogP contribution in [0.5, 0.6) is 0 Å². The predicted octanol–water partition coefficient (Wildman–Crippen LogP) is -1.22. The molecule has 2 amide bonds. The molecule has 6 heteroatoms. The zero-order valence-corrected chi connectivity index (χ0v) is 6.99. The maximum Gasteiger partial charge on any atom is 0.282 e. The lowest BCUT2D eigenvalue weighted by molar-refractivity contribution is -0.118. The van der Waals surface area contributed by atoms with Crippen molar-refractivity contribution in [1.82, 2.24) is 5.32 Å². The van der Waals surface area contributed by atoms with E-state index < -0.39 is 11.7 Å². The largest absolute Gasteiger partial charge is 0.503 e. The summed E-state index contributed by atoms with van der Waals surface area (Å²) in [6, 6.07) is 0. The highest BCUT2D eigenvalue weighted by molar-refractivity contribution is 5.88. The molecule has 74 valence electrons. The number of carbonyl (C=O) groups is 2. The molecule has 0 saturated carbocycles. The standard InChI is InChI=1S/C4H7NO2.C3H5NO2/c1-2-4(7)5-3-6;1-2(5)3(4)6/h2,6H,1,3H2,(H,5,7);5H,1H2,(H2,4,6). The molecule has 0 heterocycles. The van der Waals surface area contributed by atoms with Gasteiger partial charge in [-0.1, -0.05) is 13.2 Å². The Balaban J connectivity index is 0. The summed E-state index contributed by atoms with van der Waals surface area (Å²) in [6.07, 6.45) is 1.09. The maximum atomic E-state index is 10.0. The summed E-state index contributed by atoms with van der Waals surface area (Å²) >= 11 is 0. The second-order valence-corrected chi connectivity index (χ2v) is 1.71. The molecular weight excluding hydrogens is 176 g/mol. The molecule has 0 saturated heterocycles. The summed E-state index contributed by atoms with van der Waals surface area (Å²) < 4.78 is 0. The van der Waals surface area contributed by atoms with Gasteiger partial charge in [0.2, 0.25) is 5.91 Å². The van der Waals surface area contributed by atoms with Gasteiger partial charge >= 0.3 is 0 Å². The van der Waals surface area contributed by atoms with Gasteiger partial charge in [0.15, 0.2) is 5.76 Å². The van der Waals surface area contributed by atoms with E-state index in [9.17, 15) is 9.59 Å². The van der Waals surface area contributed by atoms with Crippen LogP contribution in [0.25, 0.3) is 0 Å². The Kier molecular flexibility index (Phi) is 8.75. The minimum atomic E-state index is -0.880. The zero-order valence-electron chi connectivity index (χ0n) is 6.99. The number of aliphatic hydroxyl groups excluding tert-OH is 2. The number of aliphatic hydroxyl groups is 2. The average Bonchev–Trinajstić information content (AvgIpc) is 2.05. The molecule has 0 aliphatic heterocycles. The Morgan fingerprint density at radius 3 is 2.00 bits per heavy atom. The van der Waals surface area contributed by atoms with E-state index in [0.29, 0.717) is 0 Å². The Labute approximate surface area is 75.4 Å². The van der Waals surface area contributed by atoms with Crippen LogP contribution in [-0.2, 0) is 9.59 Å². The van der Waals surface area contributed by atoms with Crippen molar-refractivity contribution < 1.29 is 19.8 Å². The summed E-state index contributed by atoms with van der Waals surface area (Å²) in [5, 5.41) is 18.0. The first kappa shape index (κ1) is 13.7. The van der Waals surface area contributed by atoms with Crippen LogP contribution >= 0.6 is 0 Å². The van der Waals surface area contributed by atoms with Crippen LogP contribution in [0.3, 0.4) is 0 Å². The van der Waals surface area contributed by atoms with Crippen LogP contribution < -0.4 is 11.1 Å². The molecule has 0 aromatic carbocycles. The van der Waals surface area contributed by atoms with Crippen molar-refractivity contribution in [3.8, 4) is 0 Å². The molecule has 0 rings (SSSR count). The number of primary amides is 1. The van der Waals surface area contributed by atoms with Crippen molar-refractivity contribution in [3.63, 3.8) is 0 Å². The SMILES string of the molecule is C=C(O)C(N)=O.C=CC(=O)NCO. The van der Waals surface area contributed by atoms with Gasteiger partial charge in [0.1, 0.15) is 6.73 Å². The fourth-order valence-electron chi connectivity index (χ4n) is 0.150. The molecule has 13 heavy (non-hydrogen) atoms. The van der Waals surface area contributed by atoms with Crippen molar-refractivity contribution in [2.75, 3.05) is 6.73 Å². The van der Waals surface area contributed by atoms with Gasteiger partial charge in [-0.15, -0.1) is 0 Å². The van der Waals surface area contributed by atoms with Crippen LogP contribution in [0.2, 0.25) is 0 Å². The second kappa shape index (κ2) is 8.28. The highest BCUT2D eigenvalue weighted by atomic mass is 16.3. The minimum Gasteiger partial charge on any atom is -0.503 e. The highest BCUT2D eigenvalue weighted by Gasteiger charge is 1.90. The van der Waals surface area contributed by atoms with Crippen LogP contribution in [0, 0.1) is 0 Å². The molecule has 6 nitrogen and oxygen atoms in total. The van der Waals surface area contributed by atoms with E-state index in [1.54, 1.807) is 0 Å². The molecule has 0 bridgehead atoms. The van der Waals surface area contributed by atoms with Crippen molar-refractivity contribution >= 4 is 11.8 Å². The lowest BCUT2D eigenvalue weighted by Gasteiger charge is -1.89.